The predicted octanol–water partition coefficient (Wildman–Crippen LogP) is 0.670. The quantitative estimate of drug-likeness (QED) is 0.727. The molecule has 1 aliphatic carbocycles. The van der Waals surface area contributed by atoms with Crippen LogP contribution in [0.5, 0.6) is 0 Å². The minimum Gasteiger partial charge on any atom is -0.366 e. The molecule has 3 unspecified atom stereocenters. The second-order valence-electron chi connectivity index (χ2n) is 4.94. The van der Waals surface area contributed by atoms with Crippen molar-refractivity contribution < 1.29 is 9.53 Å². The second-order valence-corrected chi connectivity index (χ2v) is 4.94. The maximum Gasteiger partial charge on any atom is 0.250 e. The lowest BCUT2D eigenvalue weighted by Gasteiger charge is -2.31. The van der Waals surface area contributed by atoms with Crippen LogP contribution in [-0.2, 0) is 9.53 Å². The van der Waals surface area contributed by atoms with Crippen LogP contribution in [-0.4, -0.2) is 37.7 Å². The Balaban J connectivity index is 1.80. The fourth-order valence-electron chi connectivity index (χ4n) is 2.54. The van der Waals surface area contributed by atoms with Gasteiger partial charge < -0.3 is 15.4 Å². The van der Waals surface area contributed by atoms with Crippen LogP contribution >= 0.6 is 0 Å². The molecule has 0 aromatic carbocycles. The zero-order valence-corrected chi connectivity index (χ0v) is 10.00. The molecule has 2 rings (SSSR count). The van der Waals surface area contributed by atoms with Crippen molar-refractivity contribution in [2.75, 3.05) is 19.7 Å². The van der Waals surface area contributed by atoms with Crippen molar-refractivity contribution in [3.63, 3.8) is 0 Å². The monoisotopic (exact) mass is 226 g/mol. The largest absolute Gasteiger partial charge is 0.366 e. The van der Waals surface area contributed by atoms with Gasteiger partial charge in [-0.15, -0.1) is 0 Å². The lowest BCUT2D eigenvalue weighted by atomic mass is 9.86. The number of morpholine rings is 1. The highest BCUT2D eigenvalue weighted by Crippen LogP contribution is 2.23. The molecule has 0 spiro atoms. The third-order valence-corrected chi connectivity index (χ3v) is 3.66. The van der Waals surface area contributed by atoms with Crippen molar-refractivity contribution in [3.8, 4) is 0 Å². The van der Waals surface area contributed by atoms with E-state index in [0.29, 0.717) is 25.1 Å². The average molecular weight is 226 g/mol. The van der Waals surface area contributed by atoms with Gasteiger partial charge in [0.1, 0.15) is 6.10 Å². The van der Waals surface area contributed by atoms with Crippen molar-refractivity contribution in [2.45, 2.75) is 44.8 Å². The molecule has 2 N–H and O–H groups in total. The van der Waals surface area contributed by atoms with Gasteiger partial charge in [-0.1, -0.05) is 19.8 Å². The van der Waals surface area contributed by atoms with Crippen molar-refractivity contribution >= 4 is 5.91 Å². The topological polar surface area (TPSA) is 50.4 Å². The molecule has 2 aliphatic rings. The maximum absolute atomic E-state index is 11.9. The van der Waals surface area contributed by atoms with E-state index < -0.39 is 0 Å². The molecule has 92 valence electrons. The molecular weight excluding hydrogens is 204 g/mol. The summed E-state index contributed by atoms with van der Waals surface area (Å²) < 4.78 is 5.44. The summed E-state index contributed by atoms with van der Waals surface area (Å²) in [6.07, 6.45) is 4.60. The minimum absolute atomic E-state index is 0.0611. The normalized spacial score (nSPS) is 35.7. The van der Waals surface area contributed by atoms with E-state index in [-0.39, 0.29) is 12.0 Å². The molecule has 1 aliphatic heterocycles. The zero-order valence-electron chi connectivity index (χ0n) is 10.00. The first kappa shape index (κ1) is 11.9. The summed E-state index contributed by atoms with van der Waals surface area (Å²) in [5.41, 5.74) is 0. The maximum atomic E-state index is 11.9. The first-order valence-corrected chi connectivity index (χ1v) is 6.40. The summed E-state index contributed by atoms with van der Waals surface area (Å²) in [5, 5.41) is 6.31. The van der Waals surface area contributed by atoms with Crippen LogP contribution in [0, 0.1) is 5.92 Å². The van der Waals surface area contributed by atoms with Gasteiger partial charge >= 0.3 is 0 Å². The highest BCUT2D eigenvalue weighted by molar-refractivity contribution is 5.81. The van der Waals surface area contributed by atoms with E-state index in [2.05, 4.69) is 17.6 Å². The van der Waals surface area contributed by atoms with E-state index >= 15 is 0 Å². The number of carbonyl (C=O) groups is 1. The van der Waals surface area contributed by atoms with Crippen LogP contribution < -0.4 is 10.6 Å². The molecule has 0 radical (unpaired) electrons. The Morgan fingerprint density at radius 3 is 2.88 bits per heavy atom. The van der Waals surface area contributed by atoms with Gasteiger partial charge in [-0.05, 0) is 18.8 Å². The number of nitrogens with one attached hydrogen (secondary N) is 2. The molecule has 0 aromatic heterocycles. The summed E-state index contributed by atoms with van der Waals surface area (Å²) in [4.78, 5) is 11.9. The summed E-state index contributed by atoms with van der Waals surface area (Å²) in [7, 11) is 0. The lowest BCUT2D eigenvalue weighted by molar-refractivity contribution is -0.135. The standard InChI is InChI=1S/C12H22N2O2/c1-9-4-2-3-5-10(9)14-12(15)11-8-13-6-7-16-11/h9-11,13H,2-8H2,1H3,(H,14,15). The average Bonchev–Trinajstić information content (AvgIpc) is 2.33. The third kappa shape index (κ3) is 2.95. The SMILES string of the molecule is CC1CCCCC1NC(=O)C1CNCCO1. The molecule has 1 heterocycles. The van der Waals surface area contributed by atoms with Gasteiger partial charge in [0.25, 0.3) is 5.91 Å². The summed E-state index contributed by atoms with van der Waals surface area (Å²) in [5.74, 6) is 0.667. The summed E-state index contributed by atoms with van der Waals surface area (Å²) in [6.45, 7) is 4.36. The van der Waals surface area contributed by atoms with Crippen LogP contribution in [0.25, 0.3) is 0 Å². The molecule has 0 bridgehead atoms. The van der Waals surface area contributed by atoms with E-state index in [1.165, 1.54) is 19.3 Å². The van der Waals surface area contributed by atoms with E-state index in [0.717, 1.165) is 13.0 Å². The van der Waals surface area contributed by atoms with Crippen LogP contribution in [0.2, 0.25) is 0 Å². The first-order chi connectivity index (χ1) is 7.77. The third-order valence-electron chi connectivity index (χ3n) is 3.66. The number of amides is 1. The first-order valence-electron chi connectivity index (χ1n) is 6.40. The molecule has 4 heteroatoms. The number of hydrogen-bond donors (Lipinski definition) is 2. The van der Waals surface area contributed by atoms with E-state index in [1.54, 1.807) is 0 Å². The van der Waals surface area contributed by atoms with Gasteiger partial charge in [-0.3, -0.25) is 4.79 Å². The van der Waals surface area contributed by atoms with E-state index in [4.69, 9.17) is 4.74 Å². The lowest BCUT2D eigenvalue weighted by Crippen LogP contribution is -2.52. The molecule has 1 saturated heterocycles. The highest BCUT2D eigenvalue weighted by Gasteiger charge is 2.27. The number of ether oxygens (including phenoxy) is 1. The van der Waals surface area contributed by atoms with Crippen LogP contribution in [0.15, 0.2) is 0 Å². The molecule has 1 amide bonds. The molecule has 2 fully saturated rings. The summed E-state index contributed by atoms with van der Waals surface area (Å²) in [6, 6.07) is 0.353. The fraction of sp³-hybridized carbons (Fsp3) is 0.917. The van der Waals surface area contributed by atoms with Crippen molar-refractivity contribution in [1.82, 2.24) is 10.6 Å². The molecule has 3 atom stereocenters. The van der Waals surface area contributed by atoms with Crippen molar-refractivity contribution in [3.05, 3.63) is 0 Å². The van der Waals surface area contributed by atoms with Gasteiger partial charge in [0, 0.05) is 19.1 Å². The molecule has 16 heavy (non-hydrogen) atoms. The Hall–Kier alpha value is -0.610. The predicted molar refractivity (Wildman–Crippen MR) is 62.2 cm³/mol. The van der Waals surface area contributed by atoms with Crippen LogP contribution in [0.4, 0.5) is 0 Å². The van der Waals surface area contributed by atoms with E-state index in [9.17, 15) is 4.79 Å². The molecular formula is C12H22N2O2. The van der Waals surface area contributed by atoms with Gasteiger partial charge in [-0.2, -0.15) is 0 Å². The second kappa shape index (κ2) is 5.64. The molecule has 0 aromatic rings. The van der Waals surface area contributed by atoms with Gasteiger partial charge in [0.05, 0.1) is 6.61 Å². The van der Waals surface area contributed by atoms with Gasteiger partial charge in [-0.25, -0.2) is 0 Å². The molecule has 1 saturated carbocycles. The highest BCUT2D eigenvalue weighted by atomic mass is 16.5. The Bertz CT molecular complexity index is 239. The fourth-order valence-corrected chi connectivity index (χ4v) is 2.54. The van der Waals surface area contributed by atoms with Crippen molar-refractivity contribution in [2.24, 2.45) is 5.92 Å². The van der Waals surface area contributed by atoms with Gasteiger partial charge in [0.15, 0.2) is 0 Å². The van der Waals surface area contributed by atoms with E-state index in [1.807, 2.05) is 0 Å². The number of hydrogen-bond acceptors (Lipinski definition) is 3. The smallest absolute Gasteiger partial charge is 0.250 e. The number of carbonyl (C=O) groups excluding carboxylic acids is 1. The minimum atomic E-state index is -0.289. The zero-order chi connectivity index (χ0) is 11.4. The Morgan fingerprint density at radius 1 is 1.38 bits per heavy atom. The Kier molecular flexibility index (Phi) is 4.18. The Labute approximate surface area is 97.1 Å². The Morgan fingerprint density at radius 2 is 2.19 bits per heavy atom. The van der Waals surface area contributed by atoms with Crippen molar-refractivity contribution in [1.29, 1.82) is 0 Å². The summed E-state index contributed by atoms with van der Waals surface area (Å²) >= 11 is 0. The van der Waals surface area contributed by atoms with Gasteiger partial charge in [0.2, 0.25) is 0 Å². The number of rotatable bonds is 2. The van der Waals surface area contributed by atoms with Crippen LogP contribution in [0.1, 0.15) is 32.6 Å². The molecule has 4 nitrogen and oxygen atoms in total. The van der Waals surface area contributed by atoms with Crippen LogP contribution in [0.3, 0.4) is 0 Å².